The molecule has 1 atom stereocenters. The molecule has 2 aromatic rings. The summed E-state index contributed by atoms with van der Waals surface area (Å²) in [4.78, 5) is 29.0. The first kappa shape index (κ1) is 23.3. The van der Waals surface area contributed by atoms with Crippen LogP contribution in [-0.2, 0) is 16.1 Å². The van der Waals surface area contributed by atoms with Crippen LogP contribution in [0.1, 0.15) is 51.0 Å². The van der Waals surface area contributed by atoms with Gasteiger partial charge in [-0.3, -0.25) is 9.59 Å². The zero-order valence-corrected chi connectivity index (χ0v) is 18.9. The van der Waals surface area contributed by atoms with Crippen molar-refractivity contribution in [1.29, 1.82) is 0 Å². The molecule has 1 fully saturated rings. The Balaban J connectivity index is 1.69. The fourth-order valence-electron chi connectivity index (χ4n) is 3.99. The maximum Gasteiger partial charge on any atom is 0.243 e. The van der Waals surface area contributed by atoms with Gasteiger partial charge in [-0.15, -0.1) is 11.8 Å². The first-order valence-corrected chi connectivity index (χ1v) is 12.1. The van der Waals surface area contributed by atoms with E-state index in [1.54, 1.807) is 28.8 Å². The number of benzene rings is 2. The second-order valence-electron chi connectivity index (χ2n) is 7.97. The van der Waals surface area contributed by atoms with Crippen LogP contribution in [0.3, 0.4) is 0 Å². The summed E-state index contributed by atoms with van der Waals surface area (Å²) in [5.41, 5.74) is 0.817. The molecule has 0 aromatic heterocycles. The number of carbonyl (C=O) groups is 2. The molecule has 0 heterocycles. The van der Waals surface area contributed by atoms with Crippen molar-refractivity contribution in [2.24, 2.45) is 0 Å². The number of thioether (sulfide) groups is 1. The summed E-state index contributed by atoms with van der Waals surface area (Å²) in [5, 5.41) is 3.14. The molecule has 6 heteroatoms. The molecular weight excluding hydrogens is 411 g/mol. The van der Waals surface area contributed by atoms with Gasteiger partial charge in [-0.05, 0) is 49.1 Å². The Morgan fingerprint density at radius 2 is 1.77 bits per heavy atom. The van der Waals surface area contributed by atoms with Crippen LogP contribution in [0.25, 0.3) is 0 Å². The Hall–Kier alpha value is -2.34. The Bertz CT molecular complexity index is 838. The normalized spacial score (nSPS) is 14.9. The minimum absolute atomic E-state index is 0.0545. The van der Waals surface area contributed by atoms with Crippen LogP contribution in [0.2, 0.25) is 0 Å². The summed E-state index contributed by atoms with van der Waals surface area (Å²) < 4.78 is 13.3. The quantitative estimate of drug-likeness (QED) is 0.516. The van der Waals surface area contributed by atoms with Crippen LogP contribution in [0.15, 0.2) is 59.5 Å². The van der Waals surface area contributed by atoms with Gasteiger partial charge in [-0.2, -0.15) is 0 Å². The van der Waals surface area contributed by atoms with Crippen LogP contribution in [0.5, 0.6) is 0 Å². The van der Waals surface area contributed by atoms with Crippen LogP contribution < -0.4 is 5.32 Å². The highest BCUT2D eigenvalue weighted by Crippen LogP contribution is 2.21. The number of nitrogens with one attached hydrogen (secondary N) is 1. The standard InChI is InChI=1S/C25H31FN2O2S/c1-2-23(25(30)27-21-8-6-7-9-21)28(18-19-12-14-20(26)15-13-19)24(29)16-17-31-22-10-4-3-5-11-22/h3-5,10-15,21,23H,2,6-9,16-18H2,1H3,(H,27,30)/t23-/m0/s1. The van der Waals surface area contributed by atoms with Crippen molar-refractivity contribution >= 4 is 23.6 Å². The fraction of sp³-hybridized carbons (Fsp3) is 0.440. The van der Waals surface area contributed by atoms with Gasteiger partial charge in [0.05, 0.1) is 0 Å². The van der Waals surface area contributed by atoms with Crippen LogP contribution >= 0.6 is 11.8 Å². The minimum Gasteiger partial charge on any atom is -0.352 e. The highest BCUT2D eigenvalue weighted by molar-refractivity contribution is 7.99. The summed E-state index contributed by atoms with van der Waals surface area (Å²) in [6.45, 7) is 2.23. The molecule has 2 aromatic carbocycles. The van der Waals surface area contributed by atoms with E-state index >= 15 is 0 Å². The third kappa shape index (κ3) is 7.10. The Labute approximate surface area is 188 Å². The lowest BCUT2D eigenvalue weighted by molar-refractivity contribution is -0.141. The van der Waals surface area contributed by atoms with Gasteiger partial charge >= 0.3 is 0 Å². The zero-order valence-electron chi connectivity index (χ0n) is 18.1. The van der Waals surface area contributed by atoms with Crippen LogP contribution in [0.4, 0.5) is 4.39 Å². The van der Waals surface area contributed by atoms with Crippen molar-refractivity contribution in [1.82, 2.24) is 10.2 Å². The van der Waals surface area contributed by atoms with Gasteiger partial charge in [0, 0.05) is 29.7 Å². The summed E-state index contributed by atoms with van der Waals surface area (Å²) in [6, 6.07) is 15.8. The molecule has 1 aliphatic carbocycles. The molecule has 0 aliphatic heterocycles. The van der Waals surface area contributed by atoms with Gasteiger partial charge in [-0.1, -0.05) is 50.1 Å². The summed E-state index contributed by atoms with van der Waals surface area (Å²) >= 11 is 1.63. The number of nitrogens with zero attached hydrogens (tertiary/aromatic N) is 1. The number of amides is 2. The van der Waals surface area contributed by atoms with Crippen molar-refractivity contribution in [3.8, 4) is 0 Å². The maximum absolute atomic E-state index is 13.3. The predicted molar refractivity (Wildman–Crippen MR) is 123 cm³/mol. The number of hydrogen-bond acceptors (Lipinski definition) is 3. The summed E-state index contributed by atoms with van der Waals surface area (Å²) in [6.07, 6.45) is 5.15. The minimum atomic E-state index is -0.528. The van der Waals surface area contributed by atoms with E-state index in [0.29, 0.717) is 25.1 Å². The van der Waals surface area contributed by atoms with Gasteiger partial charge in [0.15, 0.2) is 0 Å². The average molecular weight is 443 g/mol. The van der Waals surface area contributed by atoms with Crippen LogP contribution in [0, 0.1) is 5.82 Å². The molecule has 3 rings (SSSR count). The third-order valence-electron chi connectivity index (χ3n) is 5.68. The number of halogens is 1. The van der Waals surface area contributed by atoms with Crippen molar-refractivity contribution in [2.75, 3.05) is 5.75 Å². The number of hydrogen-bond donors (Lipinski definition) is 1. The smallest absolute Gasteiger partial charge is 0.243 e. The maximum atomic E-state index is 13.3. The molecule has 0 spiro atoms. The average Bonchev–Trinajstić information content (AvgIpc) is 3.28. The number of carbonyl (C=O) groups excluding carboxylic acids is 2. The van der Waals surface area contributed by atoms with E-state index in [9.17, 15) is 14.0 Å². The highest BCUT2D eigenvalue weighted by Gasteiger charge is 2.30. The van der Waals surface area contributed by atoms with E-state index in [-0.39, 0.29) is 23.7 Å². The Morgan fingerprint density at radius 1 is 1.10 bits per heavy atom. The molecule has 0 radical (unpaired) electrons. The van der Waals surface area contributed by atoms with Crippen LogP contribution in [-0.4, -0.2) is 34.6 Å². The number of rotatable bonds is 10. The summed E-state index contributed by atoms with van der Waals surface area (Å²) in [5.74, 6) is 0.192. The molecule has 0 saturated heterocycles. The largest absolute Gasteiger partial charge is 0.352 e. The van der Waals surface area contributed by atoms with Gasteiger partial charge in [-0.25, -0.2) is 4.39 Å². The van der Waals surface area contributed by atoms with Crippen molar-refractivity contribution in [2.45, 2.75) is 69.0 Å². The second kappa shape index (κ2) is 11.9. The molecular formula is C25H31FN2O2S. The van der Waals surface area contributed by atoms with Gasteiger partial charge < -0.3 is 10.2 Å². The zero-order chi connectivity index (χ0) is 22.1. The molecule has 166 valence electrons. The van der Waals surface area contributed by atoms with Gasteiger partial charge in [0.1, 0.15) is 11.9 Å². The molecule has 1 saturated carbocycles. The molecule has 1 aliphatic rings. The Kier molecular flexibility index (Phi) is 8.95. The topological polar surface area (TPSA) is 49.4 Å². The van der Waals surface area contributed by atoms with Gasteiger partial charge in [0.2, 0.25) is 11.8 Å². The molecule has 1 N–H and O–H groups in total. The lowest BCUT2D eigenvalue weighted by Gasteiger charge is -2.31. The molecule has 0 unspecified atom stereocenters. The lowest BCUT2D eigenvalue weighted by atomic mass is 10.1. The summed E-state index contributed by atoms with van der Waals surface area (Å²) in [7, 11) is 0. The van der Waals surface area contributed by atoms with Crippen molar-refractivity contribution < 1.29 is 14.0 Å². The van der Waals surface area contributed by atoms with E-state index in [1.807, 2.05) is 37.3 Å². The third-order valence-corrected chi connectivity index (χ3v) is 6.70. The van der Waals surface area contributed by atoms with Crippen molar-refractivity contribution in [3.05, 3.63) is 66.0 Å². The second-order valence-corrected chi connectivity index (χ2v) is 9.14. The molecule has 0 bridgehead atoms. The van der Waals surface area contributed by atoms with E-state index in [1.165, 1.54) is 12.1 Å². The SMILES string of the molecule is CC[C@@H](C(=O)NC1CCCC1)N(Cc1ccc(F)cc1)C(=O)CCSc1ccccc1. The monoisotopic (exact) mass is 442 g/mol. The van der Waals surface area contributed by atoms with Crippen molar-refractivity contribution in [3.63, 3.8) is 0 Å². The fourth-order valence-corrected chi connectivity index (χ4v) is 4.85. The molecule has 4 nitrogen and oxygen atoms in total. The first-order chi connectivity index (χ1) is 15.1. The molecule has 31 heavy (non-hydrogen) atoms. The predicted octanol–water partition coefficient (Wildman–Crippen LogP) is 5.17. The van der Waals surface area contributed by atoms with Gasteiger partial charge in [0.25, 0.3) is 0 Å². The van der Waals surface area contributed by atoms with E-state index in [4.69, 9.17) is 0 Å². The molecule has 2 amide bonds. The van der Waals surface area contributed by atoms with E-state index in [0.717, 1.165) is 36.1 Å². The lowest BCUT2D eigenvalue weighted by Crippen LogP contribution is -2.51. The van der Waals surface area contributed by atoms with E-state index < -0.39 is 6.04 Å². The highest BCUT2D eigenvalue weighted by atomic mass is 32.2. The first-order valence-electron chi connectivity index (χ1n) is 11.1. The Morgan fingerprint density at radius 3 is 2.42 bits per heavy atom. The van der Waals surface area contributed by atoms with E-state index in [2.05, 4.69) is 5.32 Å².